The van der Waals surface area contributed by atoms with Gasteiger partial charge in [-0.15, -0.1) is 5.10 Å². The number of phenolic OH excluding ortho intramolecular Hbond substituents is 6. The molecule has 1 saturated heterocycles. The number of aliphatic hydroxyl groups excluding tert-OH is 5. The number of ether oxygens (including phenoxy) is 6. The Morgan fingerprint density at radius 1 is 0.520 bits per heavy atom. The van der Waals surface area contributed by atoms with Gasteiger partial charge in [-0.25, -0.2) is 9.48 Å². The van der Waals surface area contributed by atoms with Crippen LogP contribution in [0.4, 0.5) is 0 Å². The number of amides is 6. The molecule has 0 unspecified atom stereocenters. The van der Waals surface area contributed by atoms with Crippen molar-refractivity contribution in [2.45, 2.75) is 106 Å². The molecule has 0 spiro atoms. The van der Waals surface area contributed by atoms with Crippen molar-refractivity contribution >= 4 is 41.4 Å². The van der Waals surface area contributed by atoms with Gasteiger partial charge in [0.05, 0.1) is 26.0 Å². The van der Waals surface area contributed by atoms with E-state index >= 15 is 24.0 Å². The highest BCUT2D eigenvalue weighted by molar-refractivity contribution is 6.00. The number of carbonyl (C=O) groups excluding carboxylic acids is 7. The minimum atomic E-state index is -2.21. The molecule has 6 amide bonds. The van der Waals surface area contributed by atoms with E-state index < -0.39 is 185 Å². The molecule has 1 aromatic heterocycles. The summed E-state index contributed by atoms with van der Waals surface area (Å²) < 4.78 is 36.2. The number of hydrogen-bond acceptors (Lipinski definition) is 26. The average molecular weight is 1400 g/mol. The average Bonchev–Trinajstić information content (AvgIpc) is 0.793. The first-order valence-electron chi connectivity index (χ1n) is 31.4. The SMILES string of the molecule is COC(=O)[C@@H]1NC(=O)[C@H]2NC(=O)[C@H](NC(=O)[C@@H]3NC(=O)[C@H]4NC(=O)[C@H](NC(=O)[C@H](n5cc(CO[C@@H]6O[C@@H](C)[C@H](O)[C@@H](O)[C@H]6O)nn5)c5ccc(O)c(c5)Oc5cc4cc(O)c5C)[C@H](O)c4ccc(cc4)Oc4cc3cc(c4O)Oc3ccc(cc3)[C@H]2O)c2ccc(O)c(c2)-c2c(O)cc(O)cc21. The maximum atomic E-state index is 15.9. The number of rotatable bonds is 5. The maximum Gasteiger partial charge on any atom is 0.333 e. The number of phenols is 6. The Morgan fingerprint density at radius 3 is 1.68 bits per heavy atom. The Balaban J connectivity index is 0.965. The van der Waals surface area contributed by atoms with Crippen molar-refractivity contribution in [1.29, 1.82) is 0 Å². The van der Waals surface area contributed by atoms with E-state index in [1.807, 2.05) is 0 Å². The van der Waals surface area contributed by atoms with E-state index in [0.717, 1.165) is 66.4 Å². The Labute approximate surface area is 575 Å². The molecule has 14 atom stereocenters. The molecule has 7 aliphatic heterocycles. The van der Waals surface area contributed by atoms with Gasteiger partial charge in [0.15, 0.2) is 41.4 Å². The lowest BCUT2D eigenvalue weighted by molar-refractivity contribution is -0.296. The fourth-order valence-corrected chi connectivity index (χ4v) is 12.5. The second-order valence-electron chi connectivity index (χ2n) is 24.6. The van der Waals surface area contributed by atoms with Crippen LogP contribution in [-0.4, -0.2) is 162 Å². The smallest absolute Gasteiger partial charge is 0.333 e. The summed E-state index contributed by atoms with van der Waals surface area (Å²) in [7, 11) is 0.964. The van der Waals surface area contributed by atoms with Crippen LogP contribution in [0.15, 0.2) is 128 Å². The van der Waals surface area contributed by atoms with Gasteiger partial charge in [0.1, 0.15) is 107 Å². The molecule has 17 bridgehead atoms. The van der Waals surface area contributed by atoms with Crippen LogP contribution < -0.4 is 46.1 Å². The van der Waals surface area contributed by atoms with Gasteiger partial charge in [0.25, 0.3) is 0 Å². The normalized spacial score (nSPS) is 25.6. The van der Waals surface area contributed by atoms with Gasteiger partial charge in [-0.2, -0.15) is 0 Å². The summed E-state index contributed by atoms with van der Waals surface area (Å²) in [5.74, 6) is -14.6. The number of carbonyl (C=O) groups is 7. The summed E-state index contributed by atoms with van der Waals surface area (Å²) in [6, 6.07) is 9.06. The van der Waals surface area contributed by atoms with Crippen LogP contribution in [0.3, 0.4) is 0 Å². The number of nitrogens with one attached hydrogen (secondary N) is 6. The second kappa shape index (κ2) is 27.2. The standard InChI is InChI=1S/C69H63N9O24/c1-26-42(82)17-32-19-44(26)102-45-18-31(9-15-41(45)81)55(78-24-34(76-77-78)25-98-69-61(89)60(88)56(84)27(2)99-69)67(95)75-54-58(86)29-6-12-37(13-7-29)101-47-21-33-20-46(59(47)87)100-36-10-4-28(5-11-36)57(85)53-66(94)73-52(68(96)97-3)39-22-35(79)23-43(83)48(39)38-16-30(8-14-40(38)80)49(62(90)74-53)70-64(92)51(33)71-63(91)50(32)72-65(54)93/h4-24,27,49-58,60-61,69,79-89H,25H2,1-3H3,(H,70,92)(H,71,91)(H,72,93)(H,73,94)(H,74,90)(H,75,95)/t27-,49+,50-,51+,52+,53-,54+,55+,56-,57+,58+,60+,61+,69+/m0/s1. The summed E-state index contributed by atoms with van der Waals surface area (Å²) in [4.78, 5) is 107. The highest BCUT2D eigenvalue weighted by Crippen LogP contribution is 2.48. The summed E-state index contributed by atoms with van der Waals surface area (Å²) in [6.07, 6.45) is -10.2. The van der Waals surface area contributed by atoms with E-state index in [1.165, 1.54) is 86.8 Å². The number of fused-ring (bicyclic) bond motifs is 14. The topological polar surface area (TPSA) is 500 Å². The molecule has 0 radical (unpaired) electrons. The minimum absolute atomic E-state index is 0.00886. The van der Waals surface area contributed by atoms with E-state index in [-0.39, 0.29) is 78.8 Å². The number of esters is 1. The number of hydrogen-bond donors (Lipinski definition) is 17. The largest absolute Gasteiger partial charge is 0.508 e. The molecule has 0 aliphatic carbocycles. The van der Waals surface area contributed by atoms with Crippen LogP contribution in [-0.2, 0) is 54.4 Å². The molecule has 102 heavy (non-hydrogen) atoms. The number of aliphatic hydroxyl groups is 5. The maximum absolute atomic E-state index is 15.9. The van der Waals surface area contributed by atoms with Gasteiger partial charge in [-0.1, -0.05) is 41.6 Å². The Kier molecular flexibility index (Phi) is 18.2. The van der Waals surface area contributed by atoms with Gasteiger partial charge >= 0.3 is 5.97 Å². The molecule has 33 heteroatoms. The summed E-state index contributed by atoms with van der Waals surface area (Å²) in [5, 5.41) is 149. The molecule has 8 heterocycles. The zero-order chi connectivity index (χ0) is 72.4. The Hall–Kier alpha value is -12.1. The molecule has 0 saturated carbocycles. The molecule has 1 fully saturated rings. The molecule has 528 valence electrons. The van der Waals surface area contributed by atoms with Crippen molar-refractivity contribution in [2.24, 2.45) is 0 Å². The summed E-state index contributed by atoms with van der Waals surface area (Å²) >= 11 is 0. The molecule has 15 rings (SSSR count). The molecular weight excluding hydrogens is 1340 g/mol. The van der Waals surface area contributed by atoms with E-state index in [1.54, 1.807) is 0 Å². The molecule has 8 aromatic rings. The zero-order valence-electron chi connectivity index (χ0n) is 53.5. The first-order chi connectivity index (χ1) is 48.7. The van der Waals surface area contributed by atoms with Crippen molar-refractivity contribution in [3.8, 4) is 80.1 Å². The monoisotopic (exact) mass is 1400 g/mol. The molecule has 17 N–H and O–H groups in total. The van der Waals surface area contributed by atoms with Crippen molar-refractivity contribution in [2.75, 3.05) is 7.11 Å². The second-order valence-corrected chi connectivity index (χ2v) is 24.6. The van der Waals surface area contributed by atoms with Crippen molar-refractivity contribution in [3.63, 3.8) is 0 Å². The first kappa shape index (κ1) is 68.4. The lowest BCUT2D eigenvalue weighted by Crippen LogP contribution is -2.57. The van der Waals surface area contributed by atoms with Gasteiger partial charge < -0.3 is 116 Å². The van der Waals surface area contributed by atoms with Crippen molar-refractivity contribution in [3.05, 3.63) is 178 Å². The quantitative estimate of drug-likeness (QED) is 0.110. The highest BCUT2D eigenvalue weighted by atomic mass is 16.7. The molecule has 7 aliphatic rings. The van der Waals surface area contributed by atoms with E-state index in [9.17, 15) is 65.8 Å². The summed E-state index contributed by atoms with van der Waals surface area (Å²) in [6.45, 7) is 2.35. The Morgan fingerprint density at radius 2 is 1.05 bits per heavy atom. The molecule has 7 aromatic carbocycles. The lowest BCUT2D eigenvalue weighted by Gasteiger charge is -2.38. The number of aromatic nitrogens is 3. The van der Waals surface area contributed by atoms with Crippen LogP contribution >= 0.6 is 0 Å². The van der Waals surface area contributed by atoms with Crippen LogP contribution in [0.2, 0.25) is 0 Å². The van der Waals surface area contributed by atoms with Gasteiger partial charge in [-0.05, 0) is 126 Å². The van der Waals surface area contributed by atoms with Gasteiger partial charge in [-0.3, -0.25) is 28.8 Å². The van der Waals surface area contributed by atoms with Crippen LogP contribution in [0.1, 0.15) is 99.5 Å². The number of nitrogens with zero attached hydrogens (tertiary/aromatic N) is 3. The van der Waals surface area contributed by atoms with E-state index in [2.05, 4.69) is 42.2 Å². The van der Waals surface area contributed by atoms with Crippen molar-refractivity contribution in [1.82, 2.24) is 46.9 Å². The predicted octanol–water partition coefficient (Wildman–Crippen LogP) is 2.09. The van der Waals surface area contributed by atoms with Crippen LogP contribution in [0.5, 0.6) is 69.0 Å². The van der Waals surface area contributed by atoms with Gasteiger partial charge in [0.2, 0.25) is 41.2 Å². The number of methoxy groups -OCH3 is 1. The van der Waals surface area contributed by atoms with Crippen LogP contribution in [0, 0.1) is 6.92 Å². The molecule has 33 nitrogen and oxygen atoms in total. The lowest BCUT2D eigenvalue weighted by atomic mass is 9.89. The molecular formula is C69H63N9O24. The van der Waals surface area contributed by atoms with E-state index in [0.29, 0.717) is 0 Å². The number of aromatic hydroxyl groups is 6. The van der Waals surface area contributed by atoms with Crippen molar-refractivity contribution < 1.29 is 118 Å². The highest BCUT2D eigenvalue weighted by Gasteiger charge is 2.45. The van der Waals surface area contributed by atoms with Gasteiger partial charge in [0, 0.05) is 28.3 Å². The Bertz CT molecular complexity index is 4710. The summed E-state index contributed by atoms with van der Waals surface area (Å²) in [5.41, 5.74) is -2.26. The van der Waals surface area contributed by atoms with Crippen LogP contribution in [0.25, 0.3) is 11.1 Å². The number of benzene rings is 7. The third-order valence-corrected chi connectivity index (χ3v) is 18.0. The third kappa shape index (κ3) is 13.0. The fourth-order valence-electron chi connectivity index (χ4n) is 12.5. The predicted molar refractivity (Wildman–Crippen MR) is 344 cm³/mol. The minimum Gasteiger partial charge on any atom is -0.508 e. The van der Waals surface area contributed by atoms with E-state index in [4.69, 9.17) is 28.4 Å². The third-order valence-electron chi connectivity index (χ3n) is 18.0. The zero-order valence-corrected chi connectivity index (χ0v) is 53.5. The first-order valence-corrected chi connectivity index (χ1v) is 31.4. The fraction of sp³-hybridized carbons (Fsp3) is 0.261.